The maximum atomic E-state index is 12.0. The van der Waals surface area contributed by atoms with Crippen molar-refractivity contribution >= 4 is 50.5 Å². The van der Waals surface area contributed by atoms with Gasteiger partial charge in [0, 0.05) is 11.6 Å². The summed E-state index contributed by atoms with van der Waals surface area (Å²) in [5.41, 5.74) is 0.266. The second-order valence-electron chi connectivity index (χ2n) is 4.58. The van der Waals surface area contributed by atoms with E-state index in [1.165, 1.54) is 18.5 Å². The number of nitrogens with one attached hydrogen (secondary N) is 1. The Balaban J connectivity index is 2.02. The lowest BCUT2D eigenvalue weighted by Crippen LogP contribution is -2.30. The van der Waals surface area contributed by atoms with Crippen LogP contribution in [-0.4, -0.2) is 31.4 Å². The fraction of sp³-hybridized carbons (Fsp3) is 0.154. The van der Waals surface area contributed by atoms with E-state index in [-0.39, 0.29) is 20.6 Å². The van der Waals surface area contributed by atoms with Crippen LogP contribution in [0, 0.1) is 0 Å². The topological polar surface area (TPSA) is 128 Å². The third kappa shape index (κ3) is 4.51. The van der Waals surface area contributed by atoms with Crippen molar-refractivity contribution in [2.45, 2.75) is 17.2 Å². The molecule has 0 spiro atoms. The zero-order chi connectivity index (χ0) is 17.9. The smallest absolute Gasteiger partial charge is 0.339 e. The van der Waals surface area contributed by atoms with E-state index in [1.807, 2.05) is 0 Å². The summed E-state index contributed by atoms with van der Waals surface area (Å²) >= 11 is 6.60. The lowest BCUT2D eigenvalue weighted by Gasteiger charge is -2.13. The number of primary sulfonamides is 1. The number of carbonyl (C=O) groups excluding carboxylic acids is 2. The average molecular weight is 390 g/mol. The van der Waals surface area contributed by atoms with Crippen LogP contribution in [-0.2, 0) is 19.6 Å². The van der Waals surface area contributed by atoms with E-state index in [0.29, 0.717) is 0 Å². The van der Waals surface area contributed by atoms with Gasteiger partial charge in [0.15, 0.2) is 11.3 Å². The number of thiophene rings is 1. The number of amides is 1. The van der Waals surface area contributed by atoms with Crippen molar-refractivity contribution in [3.8, 4) is 0 Å². The monoisotopic (exact) mass is 389 g/mol. The second-order valence-corrected chi connectivity index (χ2v) is 7.64. The van der Waals surface area contributed by atoms with Gasteiger partial charge in [0.1, 0.15) is 4.21 Å². The normalized spacial score (nSPS) is 12.5. The molecule has 2 rings (SSSR count). The van der Waals surface area contributed by atoms with Gasteiger partial charge >= 0.3 is 5.97 Å². The highest BCUT2D eigenvalue weighted by Gasteiger charge is 2.22. The van der Waals surface area contributed by atoms with Crippen LogP contribution in [0.25, 0.3) is 0 Å². The molecule has 0 radical (unpaired) electrons. The molecule has 0 aliphatic carbocycles. The average Bonchev–Trinajstić information content (AvgIpc) is 2.99. The fourth-order valence-electron chi connectivity index (χ4n) is 1.57. The van der Waals surface area contributed by atoms with E-state index in [4.69, 9.17) is 21.5 Å². The third-order valence-corrected chi connectivity index (χ3v) is 5.45. The molecular weight excluding hydrogens is 378 g/mol. The first-order valence-electron chi connectivity index (χ1n) is 6.42. The predicted octanol–water partition coefficient (Wildman–Crippen LogP) is 1.63. The van der Waals surface area contributed by atoms with Gasteiger partial charge in [-0.15, -0.1) is 11.3 Å². The molecule has 1 unspecified atom stereocenters. The SMILES string of the molecule is CC(OC(=O)c1csc(S(N)(=O)=O)c1)C(=O)Nc1cccnc1Cl. The van der Waals surface area contributed by atoms with Crippen molar-refractivity contribution in [2.75, 3.05) is 5.32 Å². The van der Waals surface area contributed by atoms with Gasteiger partial charge in [-0.3, -0.25) is 4.79 Å². The maximum absolute atomic E-state index is 12.0. The van der Waals surface area contributed by atoms with Gasteiger partial charge in [-0.05, 0) is 25.1 Å². The predicted molar refractivity (Wildman–Crippen MR) is 88.4 cm³/mol. The summed E-state index contributed by atoms with van der Waals surface area (Å²) in [4.78, 5) is 27.8. The van der Waals surface area contributed by atoms with E-state index in [2.05, 4.69) is 10.3 Å². The van der Waals surface area contributed by atoms with Crippen LogP contribution < -0.4 is 10.5 Å². The number of halogens is 1. The first-order valence-corrected chi connectivity index (χ1v) is 9.22. The number of carbonyl (C=O) groups is 2. The van der Waals surface area contributed by atoms with Gasteiger partial charge in [-0.2, -0.15) is 0 Å². The molecule has 2 aromatic rings. The summed E-state index contributed by atoms with van der Waals surface area (Å²) in [6.45, 7) is 1.37. The van der Waals surface area contributed by atoms with Crippen LogP contribution in [0.4, 0.5) is 5.69 Å². The molecule has 24 heavy (non-hydrogen) atoms. The van der Waals surface area contributed by atoms with Crippen LogP contribution in [0.5, 0.6) is 0 Å². The number of aromatic nitrogens is 1. The third-order valence-electron chi connectivity index (χ3n) is 2.76. The lowest BCUT2D eigenvalue weighted by molar-refractivity contribution is -0.123. The van der Waals surface area contributed by atoms with E-state index < -0.39 is 28.0 Å². The van der Waals surface area contributed by atoms with Crippen molar-refractivity contribution in [3.05, 3.63) is 40.5 Å². The van der Waals surface area contributed by atoms with Gasteiger partial charge in [0.05, 0.1) is 11.3 Å². The summed E-state index contributed by atoms with van der Waals surface area (Å²) in [6.07, 6.45) is 0.327. The number of nitrogens with two attached hydrogens (primary N) is 1. The summed E-state index contributed by atoms with van der Waals surface area (Å²) in [6, 6.07) is 4.21. The summed E-state index contributed by atoms with van der Waals surface area (Å²) in [5, 5.41) is 8.82. The number of ether oxygens (including phenoxy) is 1. The molecule has 1 atom stereocenters. The zero-order valence-corrected chi connectivity index (χ0v) is 14.6. The van der Waals surface area contributed by atoms with Gasteiger partial charge in [0.2, 0.25) is 10.0 Å². The van der Waals surface area contributed by atoms with Crippen molar-refractivity contribution in [2.24, 2.45) is 5.14 Å². The number of anilines is 1. The van der Waals surface area contributed by atoms with E-state index in [1.54, 1.807) is 12.1 Å². The molecule has 3 N–H and O–H groups in total. The Morgan fingerprint density at radius 2 is 2.17 bits per heavy atom. The zero-order valence-electron chi connectivity index (χ0n) is 12.2. The minimum absolute atomic E-state index is 0.0110. The van der Waals surface area contributed by atoms with E-state index >= 15 is 0 Å². The van der Waals surface area contributed by atoms with Crippen LogP contribution in [0.15, 0.2) is 34.0 Å². The number of hydrogen-bond acceptors (Lipinski definition) is 7. The first kappa shape index (κ1) is 18.3. The van der Waals surface area contributed by atoms with Gasteiger partial charge in [-0.25, -0.2) is 23.3 Å². The molecule has 0 aliphatic heterocycles. The fourth-order valence-corrected chi connectivity index (χ4v) is 3.31. The largest absolute Gasteiger partial charge is 0.449 e. The molecule has 0 bridgehead atoms. The summed E-state index contributed by atoms with van der Waals surface area (Å²) < 4.78 is 27.2. The number of rotatable bonds is 5. The standard InChI is InChI=1S/C13H12ClN3O5S2/c1-7(12(18)17-9-3-2-4-16-11(9)14)22-13(19)8-5-10(23-6-8)24(15,20)21/h2-7H,1H3,(H,17,18)(H2,15,20,21). The van der Waals surface area contributed by atoms with Gasteiger partial charge < -0.3 is 10.1 Å². The van der Waals surface area contributed by atoms with Crippen molar-refractivity contribution in [1.29, 1.82) is 0 Å². The molecule has 2 aromatic heterocycles. The maximum Gasteiger partial charge on any atom is 0.339 e. The van der Waals surface area contributed by atoms with E-state index in [0.717, 1.165) is 17.4 Å². The van der Waals surface area contributed by atoms with Gasteiger partial charge in [-0.1, -0.05) is 11.6 Å². The Morgan fingerprint density at radius 3 is 2.75 bits per heavy atom. The molecule has 0 aliphatic rings. The molecule has 11 heteroatoms. The van der Waals surface area contributed by atoms with Crippen molar-refractivity contribution in [1.82, 2.24) is 4.98 Å². The number of sulfonamides is 1. The van der Waals surface area contributed by atoms with Crippen LogP contribution in [0.1, 0.15) is 17.3 Å². The molecule has 0 fully saturated rings. The van der Waals surface area contributed by atoms with Crippen molar-refractivity contribution in [3.63, 3.8) is 0 Å². The number of hydrogen-bond donors (Lipinski definition) is 2. The Kier molecular flexibility index (Phi) is 5.54. The summed E-state index contributed by atoms with van der Waals surface area (Å²) in [7, 11) is -3.90. The van der Waals surface area contributed by atoms with Crippen LogP contribution in [0.3, 0.4) is 0 Å². The van der Waals surface area contributed by atoms with Crippen LogP contribution in [0.2, 0.25) is 5.15 Å². The van der Waals surface area contributed by atoms with Crippen molar-refractivity contribution < 1.29 is 22.7 Å². The van der Waals surface area contributed by atoms with E-state index in [9.17, 15) is 18.0 Å². The number of pyridine rings is 1. The molecule has 128 valence electrons. The Labute approximate surface area is 146 Å². The molecule has 8 nitrogen and oxygen atoms in total. The Morgan fingerprint density at radius 1 is 1.46 bits per heavy atom. The molecular formula is C13H12ClN3O5S2. The molecule has 2 heterocycles. The highest BCUT2D eigenvalue weighted by Crippen LogP contribution is 2.21. The minimum Gasteiger partial charge on any atom is -0.449 e. The Bertz CT molecular complexity index is 881. The highest BCUT2D eigenvalue weighted by molar-refractivity contribution is 7.91. The van der Waals surface area contributed by atoms with Gasteiger partial charge in [0.25, 0.3) is 5.91 Å². The molecule has 1 amide bonds. The second kappa shape index (κ2) is 7.26. The number of esters is 1. The first-order chi connectivity index (χ1) is 11.2. The Hall–Kier alpha value is -2.01. The molecule has 0 aromatic carbocycles. The quantitative estimate of drug-likeness (QED) is 0.590. The molecule has 0 saturated carbocycles. The van der Waals surface area contributed by atoms with Crippen LogP contribution >= 0.6 is 22.9 Å². The highest BCUT2D eigenvalue weighted by atomic mass is 35.5. The molecule has 0 saturated heterocycles. The number of nitrogens with zero attached hydrogens (tertiary/aromatic N) is 1. The lowest BCUT2D eigenvalue weighted by atomic mass is 10.3. The minimum atomic E-state index is -3.90. The summed E-state index contributed by atoms with van der Waals surface area (Å²) in [5.74, 6) is -1.46.